The fourth-order valence-electron chi connectivity index (χ4n) is 5.42. The third kappa shape index (κ3) is 6.10. The van der Waals surface area contributed by atoms with Gasteiger partial charge in [-0.15, -0.1) is 0 Å². The molecule has 0 bridgehead atoms. The Bertz CT molecular complexity index is 1370. The maximum atomic E-state index is 13.6. The Morgan fingerprint density at radius 1 is 0.921 bits per heavy atom. The van der Waals surface area contributed by atoms with Gasteiger partial charge in [-0.2, -0.15) is 13.2 Å². The summed E-state index contributed by atoms with van der Waals surface area (Å²) >= 11 is 0. The van der Waals surface area contributed by atoms with Crippen LogP contribution in [0.5, 0.6) is 0 Å². The van der Waals surface area contributed by atoms with Crippen molar-refractivity contribution in [1.29, 1.82) is 0 Å². The van der Waals surface area contributed by atoms with Crippen molar-refractivity contribution in [3.8, 4) is 0 Å². The highest BCUT2D eigenvalue weighted by Gasteiger charge is 2.32. The number of likely N-dealkylation sites (tertiary alicyclic amines) is 1. The molecule has 1 atom stereocenters. The van der Waals surface area contributed by atoms with Gasteiger partial charge in [-0.25, -0.2) is 0 Å². The van der Waals surface area contributed by atoms with E-state index in [1.807, 2.05) is 60.8 Å². The lowest BCUT2D eigenvalue weighted by molar-refractivity contribution is -0.137. The standard InChI is InChI=1S/C31H32F3N3O/c32-31(33,34)25-12-8-11-24(19-25)27(20-30(38)35-15-18-36-16-6-7-17-36)28-22-37(21-23-9-2-1-3-10-23)29-14-5-4-13-26(28)29/h1-5,8-14,19,22,27H,6-7,15-18,20-21H2,(H,35,38)/t27-/m0/s1. The predicted molar refractivity (Wildman–Crippen MR) is 144 cm³/mol. The summed E-state index contributed by atoms with van der Waals surface area (Å²) < 4.78 is 43.0. The Hall–Kier alpha value is -3.58. The average molecular weight is 520 g/mol. The molecule has 1 saturated heterocycles. The molecule has 198 valence electrons. The van der Waals surface area contributed by atoms with Gasteiger partial charge in [0.05, 0.1) is 5.56 Å². The summed E-state index contributed by atoms with van der Waals surface area (Å²) in [6.45, 7) is 4.03. The lowest BCUT2D eigenvalue weighted by Crippen LogP contribution is -2.34. The first kappa shape index (κ1) is 26.0. The number of hydrogen-bond acceptors (Lipinski definition) is 2. The van der Waals surface area contributed by atoms with E-state index in [2.05, 4.69) is 14.8 Å². The summed E-state index contributed by atoms with van der Waals surface area (Å²) in [4.78, 5) is 15.5. The molecule has 38 heavy (non-hydrogen) atoms. The van der Waals surface area contributed by atoms with Gasteiger partial charge in [0.1, 0.15) is 0 Å². The first-order valence-corrected chi connectivity index (χ1v) is 13.2. The topological polar surface area (TPSA) is 37.3 Å². The molecule has 1 amide bonds. The highest BCUT2D eigenvalue weighted by Crippen LogP contribution is 2.38. The number of carbonyl (C=O) groups excluding carboxylic acids is 1. The molecule has 5 rings (SSSR count). The number of fused-ring (bicyclic) bond motifs is 1. The number of hydrogen-bond donors (Lipinski definition) is 1. The summed E-state index contributed by atoms with van der Waals surface area (Å²) in [5, 5.41) is 3.95. The Morgan fingerprint density at radius 2 is 1.66 bits per heavy atom. The third-order valence-electron chi connectivity index (χ3n) is 7.35. The first-order chi connectivity index (χ1) is 18.4. The summed E-state index contributed by atoms with van der Waals surface area (Å²) in [6.07, 6.45) is -0.0299. The number of rotatable bonds is 9. The highest BCUT2D eigenvalue weighted by atomic mass is 19.4. The molecule has 3 aromatic carbocycles. The second-order valence-electron chi connectivity index (χ2n) is 9.99. The number of para-hydroxylation sites is 1. The molecule has 1 N–H and O–H groups in total. The number of amides is 1. The van der Waals surface area contributed by atoms with Crippen LogP contribution < -0.4 is 5.32 Å². The van der Waals surface area contributed by atoms with Crippen molar-refractivity contribution >= 4 is 16.8 Å². The largest absolute Gasteiger partial charge is 0.416 e. The quantitative estimate of drug-likeness (QED) is 0.276. The van der Waals surface area contributed by atoms with Crippen LogP contribution in [0, 0.1) is 0 Å². The number of nitrogens with one attached hydrogen (secondary N) is 1. The summed E-state index contributed by atoms with van der Waals surface area (Å²) in [5.41, 5.74) is 2.73. The second kappa shape index (κ2) is 11.4. The van der Waals surface area contributed by atoms with E-state index in [1.54, 1.807) is 6.07 Å². The van der Waals surface area contributed by atoms with Gasteiger partial charge in [-0.3, -0.25) is 4.79 Å². The molecular formula is C31H32F3N3O. The summed E-state index contributed by atoms with van der Waals surface area (Å²) in [7, 11) is 0. The molecule has 0 unspecified atom stereocenters. The predicted octanol–water partition coefficient (Wildman–Crippen LogP) is 6.44. The van der Waals surface area contributed by atoms with Gasteiger partial charge >= 0.3 is 6.18 Å². The molecule has 0 aliphatic carbocycles. The van der Waals surface area contributed by atoms with Crippen LogP contribution in [0.2, 0.25) is 0 Å². The minimum atomic E-state index is -4.46. The highest BCUT2D eigenvalue weighted by molar-refractivity contribution is 5.86. The molecule has 4 nitrogen and oxygen atoms in total. The zero-order valence-electron chi connectivity index (χ0n) is 21.3. The Kier molecular flexibility index (Phi) is 7.84. The van der Waals surface area contributed by atoms with E-state index in [0.717, 1.165) is 47.7 Å². The Morgan fingerprint density at radius 3 is 2.42 bits per heavy atom. The van der Waals surface area contributed by atoms with Crippen LogP contribution in [0.25, 0.3) is 10.9 Å². The van der Waals surface area contributed by atoms with Gasteiger partial charge in [-0.1, -0.05) is 66.7 Å². The van der Waals surface area contributed by atoms with Gasteiger partial charge in [0, 0.05) is 49.1 Å². The molecule has 1 aromatic heterocycles. The van der Waals surface area contributed by atoms with Gasteiger partial charge < -0.3 is 14.8 Å². The fraction of sp³-hybridized carbons (Fsp3) is 0.323. The van der Waals surface area contributed by atoms with Crippen molar-refractivity contribution in [2.24, 2.45) is 0 Å². The number of alkyl halides is 3. The zero-order chi connectivity index (χ0) is 26.5. The van der Waals surface area contributed by atoms with E-state index in [0.29, 0.717) is 18.7 Å². The van der Waals surface area contributed by atoms with Crippen LogP contribution in [-0.4, -0.2) is 41.6 Å². The first-order valence-electron chi connectivity index (χ1n) is 13.2. The molecule has 0 saturated carbocycles. The van der Waals surface area contributed by atoms with Crippen molar-refractivity contribution in [2.75, 3.05) is 26.2 Å². The maximum Gasteiger partial charge on any atom is 0.416 e. The van der Waals surface area contributed by atoms with E-state index >= 15 is 0 Å². The van der Waals surface area contributed by atoms with E-state index in [4.69, 9.17) is 0 Å². The van der Waals surface area contributed by atoms with Gasteiger partial charge in [0.15, 0.2) is 0 Å². The van der Waals surface area contributed by atoms with Crippen molar-refractivity contribution in [3.63, 3.8) is 0 Å². The lowest BCUT2D eigenvalue weighted by atomic mass is 9.87. The van der Waals surface area contributed by atoms with Crippen LogP contribution >= 0.6 is 0 Å². The van der Waals surface area contributed by atoms with Crippen molar-refractivity contribution < 1.29 is 18.0 Å². The van der Waals surface area contributed by atoms with Gasteiger partial charge in [0.2, 0.25) is 5.91 Å². The molecule has 2 heterocycles. The van der Waals surface area contributed by atoms with Crippen LogP contribution in [0.3, 0.4) is 0 Å². The van der Waals surface area contributed by atoms with E-state index in [-0.39, 0.29) is 12.3 Å². The van der Waals surface area contributed by atoms with Gasteiger partial charge in [0.25, 0.3) is 0 Å². The Balaban J connectivity index is 1.48. The maximum absolute atomic E-state index is 13.6. The number of carbonyl (C=O) groups is 1. The molecule has 0 radical (unpaired) electrons. The SMILES string of the molecule is O=C(C[C@@H](c1cccc(C(F)(F)F)c1)c1cn(Cc2ccccc2)c2ccccc12)NCCN1CCCC1. The van der Waals surface area contributed by atoms with E-state index < -0.39 is 17.7 Å². The Labute approximate surface area is 221 Å². The number of halogens is 3. The minimum absolute atomic E-state index is 0.0701. The van der Waals surface area contributed by atoms with Crippen LogP contribution in [0.4, 0.5) is 13.2 Å². The molecule has 1 aliphatic rings. The zero-order valence-corrected chi connectivity index (χ0v) is 21.3. The number of nitrogens with zero attached hydrogens (tertiary/aromatic N) is 2. The van der Waals surface area contributed by atoms with E-state index in [1.165, 1.54) is 25.0 Å². The second-order valence-corrected chi connectivity index (χ2v) is 9.99. The monoisotopic (exact) mass is 519 g/mol. The normalized spacial score (nSPS) is 15.1. The van der Waals surface area contributed by atoms with Crippen LogP contribution in [0.15, 0.2) is 85.1 Å². The van der Waals surface area contributed by atoms with Crippen LogP contribution in [0.1, 0.15) is 47.4 Å². The molecular weight excluding hydrogens is 487 g/mol. The lowest BCUT2D eigenvalue weighted by Gasteiger charge is -2.20. The molecule has 1 aliphatic heterocycles. The summed E-state index contributed by atoms with van der Waals surface area (Å²) in [6, 6.07) is 23.3. The van der Waals surface area contributed by atoms with Crippen molar-refractivity contribution in [3.05, 3.63) is 107 Å². The molecule has 7 heteroatoms. The smallest absolute Gasteiger partial charge is 0.355 e. The number of benzene rings is 3. The fourth-order valence-corrected chi connectivity index (χ4v) is 5.42. The summed E-state index contributed by atoms with van der Waals surface area (Å²) in [5.74, 6) is -0.683. The molecule has 0 spiro atoms. The van der Waals surface area contributed by atoms with Gasteiger partial charge in [-0.05, 0) is 54.8 Å². The molecule has 1 fully saturated rings. The van der Waals surface area contributed by atoms with Crippen LogP contribution in [-0.2, 0) is 17.5 Å². The third-order valence-corrected chi connectivity index (χ3v) is 7.35. The average Bonchev–Trinajstić information content (AvgIpc) is 3.56. The minimum Gasteiger partial charge on any atom is -0.355 e. The molecule has 4 aromatic rings. The number of aromatic nitrogens is 1. The van der Waals surface area contributed by atoms with Crippen molar-refractivity contribution in [2.45, 2.75) is 37.9 Å². The van der Waals surface area contributed by atoms with Crippen molar-refractivity contribution in [1.82, 2.24) is 14.8 Å². The van der Waals surface area contributed by atoms with E-state index in [9.17, 15) is 18.0 Å².